The van der Waals surface area contributed by atoms with Crippen LogP contribution in [-0.4, -0.2) is 23.7 Å². The molecule has 0 radical (unpaired) electrons. The van der Waals surface area contributed by atoms with Gasteiger partial charge in [-0.1, -0.05) is 52.9 Å². The first-order valence-electron chi connectivity index (χ1n) is 11.8. The number of amides is 1. The van der Waals surface area contributed by atoms with Crippen LogP contribution in [0.4, 0.5) is 5.69 Å². The molecular weight excluding hydrogens is 392 g/mol. The quantitative estimate of drug-likeness (QED) is 0.379. The maximum absolute atomic E-state index is 13.5. The Morgan fingerprint density at radius 2 is 1.55 bits per heavy atom. The maximum atomic E-state index is 13.5. The molecule has 0 aliphatic carbocycles. The van der Waals surface area contributed by atoms with Crippen LogP contribution in [0.15, 0.2) is 23.0 Å². The SMILES string of the molecule is CCCCCCn1c(=O)c(OCCCC)c(OCCCC)c2ccc(NC(C)=O)cc21. The van der Waals surface area contributed by atoms with Crippen molar-refractivity contribution in [2.24, 2.45) is 0 Å². The number of anilines is 1. The number of carbonyl (C=O) groups is 1. The third-order valence-electron chi connectivity index (χ3n) is 5.22. The van der Waals surface area contributed by atoms with Gasteiger partial charge in [-0.3, -0.25) is 9.59 Å². The predicted octanol–water partition coefficient (Wildman–Crippen LogP) is 5.90. The van der Waals surface area contributed by atoms with Gasteiger partial charge in [0.2, 0.25) is 11.7 Å². The molecule has 1 amide bonds. The summed E-state index contributed by atoms with van der Waals surface area (Å²) >= 11 is 0. The van der Waals surface area contributed by atoms with Crippen molar-refractivity contribution in [2.75, 3.05) is 18.5 Å². The highest BCUT2D eigenvalue weighted by atomic mass is 16.5. The van der Waals surface area contributed by atoms with Gasteiger partial charge in [0.25, 0.3) is 5.56 Å². The number of hydrogen-bond donors (Lipinski definition) is 1. The molecule has 6 nitrogen and oxygen atoms in total. The average molecular weight is 431 g/mol. The summed E-state index contributed by atoms with van der Waals surface area (Å²) in [6.45, 7) is 9.48. The van der Waals surface area contributed by atoms with Gasteiger partial charge in [-0.2, -0.15) is 0 Å². The van der Waals surface area contributed by atoms with E-state index in [9.17, 15) is 9.59 Å². The lowest BCUT2D eigenvalue weighted by atomic mass is 10.1. The lowest BCUT2D eigenvalue weighted by molar-refractivity contribution is -0.114. The van der Waals surface area contributed by atoms with Gasteiger partial charge in [0.15, 0.2) is 5.75 Å². The molecule has 2 rings (SSSR count). The molecule has 2 aromatic rings. The number of nitrogens with one attached hydrogen (secondary N) is 1. The zero-order chi connectivity index (χ0) is 22.6. The number of hydrogen-bond acceptors (Lipinski definition) is 4. The van der Waals surface area contributed by atoms with E-state index in [0.29, 0.717) is 36.9 Å². The van der Waals surface area contributed by atoms with Crippen LogP contribution in [0.2, 0.25) is 0 Å². The van der Waals surface area contributed by atoms with E-state index in [2.05, 4.69) is 26.1 Å². The summed E-state index contributed by atoms with van der Waals surface area (Å²) < 4.78 is 13.9. The fourth-order valence-electron chi connectivity index (χ4n) is 3.51. The zero-order valence-corrected chi connectivity index (χ0v) is 19.6. The van der Waals surface area contributed by atoms with Crippen LogP contribution in [0, 0.1) is 0 Å². The first kappa shape index (κ1) is 24.8. The third-order valence-corrected chi connectivity index (χ3v) is 5.22. The second-order valence-electron chi connectivity index (χ2n) is 7.99. The summed E-state index contributed by atoms with van der Waals surface area (Å²) in [6, 6.07) is 5.62. The smallest absolute Gasteiger partial charge is 0.297 e. The maximum Gasteiger partial charge on any atom is 0.297 e. The van der Waals surface area contributed by atoms with Crippen molar-refractivity contribution in [3.05, 3.63) is 28.6 Å². The van der Waals surface area contributed by atoms with Crippen molar-refractivity contribution in [3.63, 3.8) is 0 Å². The van der Waals surface area contributed by atoms with Crippen LogP contribution < -0.4 is 20.3 Å². The van der Waals surface area contributed by atoms with E-state index in [1.54, 1.807) is 4.57 Å². The van der Waals surface area contributed by atoms with Crippen LogP contribution in [0.3, 0.4) is 0 Å². The monoisotopic (exact) mass is 430 g/mol. The molecule has 1 aromatic carbocycles. The third kappa shape index (κ3) is 7.01. The Bertz CT molecular complexity index is 905. The zero-order valence-electron chi connectivity index (χ0n) is 19.6. The Morgan fingerprint density at radius 1 is 0.903 bits per heavy atom. The molecule has 1 aromatic heterocycles. The van der Waals surface area contributed by atoms with Gasteiger partial charge in [0.05, 0.1) is 18.7 Å². The molecule has 0 saturated carbocycles. The number of rotatable bonds is 14. The van der Waals surface area contributed by atoms with Crippen molar-refractivity contribution < 1.29 is 14.3 Å². The van der Waals surface area contributed by atoms with E-state index in [4.69, 9.17) is 9.47 Å². The number of ether oxygens (including phenoxy) is 2. The van der Waals surface area contributed by atoms with Crippen LogP contribution in [0.5, 0.6) is 11.5 Å². The number of aromatic nitrogens is 1. The Kier molecular flexibility index (Phi) is 10.4. The first-order valence-corrected chi connectivity index (χ1v) is 11.8. The second kappa shape index (κ2) is 13.0. The van der Waals surface area contributed by atoms with Gasteiger partial charge in [-0.25, -0.2) is 0 Å². The van der Waals surface area contributed by atoms with E-state index < -0.39 is 0 Å². The minimum atomic E-state index is -0.161. The Morgan fingerprint density at radius 3 is 2.16 bits per heavy atom. The summed E-state index contributed by atoms with van der Waals surface area (Å²) in [5.74, 6) is 0.679. The van der Waals surface area contributed by atoms with Crippen LogP contribution in [-0.2, 0) is 11.3 Å². The van der Waals surface area contributed by atoms with Crippen molar-refractivity contribution >= 4 is 22.5 Å². The van der Waals surface area contributed by atoms with Crippen LogP contribution >= 0.6 is 0 Å². The molecule has 0 fully saturated rings. The van der Waals surface area contributed by atoms with Crippen LogP contribution in [0.1, 0.15) is 79.1 Å². The van der Waals surface area contributed by atoms with Crippen LogP contribution in [0.25, 0.3) is 10.9 Å². The number of pyridine rings is 1. The summed E-state index contributed by atoms with van der Waals surface area (Å²) in [5, 5.41) is 3.66. The van der Waals surface area contributed by atoms with Crippen molar-refractivity contribution in [3.8, 4) is 11.5 Å². The molecule has 1 N–H and O–H groups in total. The highest BCUT2D eigenvalue weighted by Crippen LogP contribution is 2.35. The molecule has 0 spiro atoms. The van der Waals surface area contributed by atoms with Gasteiger partial charge in [0, 0.05) is 24.5 Å². The molecule has 0 unspecified atom stereocenters. The Hall–Kier alpha value is -2.50. The summed E-state index contributed by atoms with van der Waals surface area (Å²) in [7, 11) is 0. The lowest BCUT2D eigenvalue weighted by Crippen LogP contribution is -2.24. The van der Waals surface area contributed by atoms with E-state index in [1.165, 1.54) is 6.92 Å². The number of aryl methyl sites for hydroxylation is 1. The number of fused-ring (bicyclic) bond motifs is 1. The minimum absolute atomic E-state index is 0.143. The topological polar surface area (TPSA) is 69.6 Å². The second-order valence-corrected chi connectivity index (χ2v) is 7.99. The molecule has 0 saturated heterocycles. The molecule has 0 aliphatic heterocycles. The molecule has 1 heterocycles. The van der Waals surface area contributed by atoms with Crippen molar-refractivity contribution in [1.82, 2.24) is 4.57 Å². The largest absolute Gasteiger partial charge is 0.489 e. The first-order chi connectivity index (χ1) is 15.0. The van der Waals surface area contributed by atoms with E-state index >= 15 is 0 Å². The van der Waals surface area contributed by atoms with Gasteiger partial charge in [-0.15, -0.1) is 0 Å². The van der Waals surface area contributed by atoms with Gasteiger partial charge in [0.1, 0.15) is 0 Å². The fraction of sp³-hybridized carbons (Fsp3) is 0.600. The standard InChI is InChI=1S/C25H38N2O4/c1-5-8-11-12-15-27-22-18-20(26-19(4)28)13-14-21(22)23(30-16-9-6-2)24(25(27)29)31-17-10-7-3/h13-14,18H,5-12,15-17H2,1-4H3,(H,26,28). The minimum Gasteiger partial charge on any atom is -0.489 e. The summed E-state index contributed by atoms with van der Waals surface area (Å²) in [6.07, 6.45) is 8.04. The van der Waals surface area contributed by atoms with Crippen molar-refractivity contribution in [1.29, 1.82) is 0 Å². The van der Waals surface area contributed by atoms with Gasteiger partial charge >= 0.3 is 0 Å². The number of unbranched alkanes of at least 4 members (excludes halogenated alkanes) is 5. The molecular formula is C25H38N2O4. The molecule has 31 heavy (non-hydrogen) atoms. The summed E-state index contributed by atoms with van der Waals surface area (Å²) in [4.78, 5) is 25.1. The lowest BCUT2D eigenvalue weighted by Gasteiger charge is -2.19. The van der Waals surface area contributed by atoms with Crippen molar-refractivity contribution in [2.45, 2.75) is 85.6 Å². The van der Waals surface area contributed by atoms with Gasteiger partial charge in [-0.05, 0) is 37.5 Å². The van der Waals surface area contributed by atoms with E-state index in [0.717, 1.165) is 62.3 Å². The van der Waals surface area contributed by atoms with E-state index in [-0.39, 0.29) is 11.5 Å². The number of nitrogens with zero attached hydrogens (tertiary/aromatic N) is 1. The molecule has 0 bridgehead atoms. The molecule has 6 heteroatoms. The number of benzene rings is 1. The average Bonchev–Trinajstić information content (AvgIpc) is 2.74. The fourth-order valence-corrected chi connectivity index (χ4v) is 3.51. The Balaban J connectivity index is 2.60. The normalized spacial score (nSPS) is 11.0. The highest BCUT2D eigenvalue weighted by molar-refractivity contribution is 5.94. The molecule has 172 valence electrons. The van der Waals surface area contributed by atoms with Gasteiger partial charge < -0.3 is 19.4 Å². The summed E-state index contributed by atoms with van der Waals surface area (Å²) in [5.41, 5.74) is 1.27. The highest BCUT2D eigenvalue weighted by Gasteiger charge is 2.20. The number of carbonyl (C=O) groups excluding carboxylic acids is 1. The van der Waals surface area contributed by atoms with E-state index in [1.807, 2.05) is 18.2 Å². The molecule has 0 atom stereocenters. The molecule has 0 aliphatic rings. The Labute approximate surface area is 185 Å². The predicted molar refractivity (Wildman–Crippen MR) is 127 cm³/mol.